The van der Waals surface area contributed by atoms with Crippen LogP contribution in [0.1, 0.15) is 9.75 Å². The molecule has 0 spiro atoms. The van der Waals surface area contributed by atoms with Gasteiger partial charge in [0.15, 0.2) is 6.61 Å². The molecule has 0 radical (unpaired) electrons. The largest absolute Gasteiger partial charge is 0.452 e. The number of thiophene rings is 2. The fourth-order valence-electron chi connectivity index (χ4n) is 1.88. The van der Waals surface area contributed by atoms with Gasteiger partial charge in [0.25, 0.3) is 5.91 Å². The van der Waals surface area contributed by atoms with Crippen LogP contribution in [0.25, 0.3) is 11.6 Å². The van der Waals surface area contributed by atoms with E-state index in [1.165, 1.54) is 41.7 Å². The number of amides is 2. The highest BCUT2D eigenvalue weighted by Crippen LogP contribution is 2.25. The van der Waals surface area contributed by atoms with E-state index in [9.17, 15) is 14.4 Å². The molecular formula is C17H18N2O4S2. The fraction of sp³-hybridized carbons (Fsp3) is 0.235. The predicted molar refractivity (Wildman–Crippen MR) is 99.2 cm³/mol. The normalized spacial score (nSPS) is 11.0. The molecule has 0 aliphatic rings. The second-order valence-corrected chi connectivity index (χ2v) is 6.98. The zero-order valence-electron chi connectivity index (χ0n) is 13.9. The molecule has 8 heteroatoms. The predicted octanol–water partition coefficient (Wildman–Crippen LogP) is 2.10. The Labute approximate surface area is 153 Å². The monoisotopic (exact) mass is 378 g/mol. The topological polar surface area (TPSA) is 75.7 Å². The first-order valence-electron chi connectivity index (χ1n) is 7.42. The van der Waals surface area contributed by atoms with Crippen molar-refractivity contribution in [2.24, 2.45) is 0 Å². The summed E-state index contributed by atoms with van der Waals surface area (Å²) in [7, 11) is 2.97. The van der Waals surface area contributed by atoms with Crippen LogP contribution in [0.15, 0.2) is 35.0 Å². The lowest BCUT2D eigenvalue weighted by Crippen LogP contribution is -2.39. The summed E-state index contributed by atoms with van der Waals surface area (Å²) >= 11 is 2.93. The molecule has 132 valence electrons. The van der Waals surface area contributed by atoms with Gasteiger partial charge in [-0.1, -0.05) is 12.1 Å². The first-order chi connectivity index (χ1) is 12.0. The number of carbonyl (C=O) groups excluding carboxylic acids is 3. The van der Waals surface area contributed by atoms with Gasteiger partial charge in [0, 0.05) is 23.8 Å². The van der Waals surface area contributed by atoms with Crippen LogP contribution in [-0.2, 0) is 19.1 Å². The van der Waals surface area contributed by atoms with E-state index >= 15 is 0 Å². The zero-order valence-corrected chi connectivity index (χ0v) is 15.5. The quantitative estimate of drug-likeness (QED) is 0.591. The van der Waals surface area contributed by atoms with Crippen LogP contribution in [0.3, 0.4) is 0 Å². The highest BCUT2D eigenvalue weighted by Gasteiger charge is 2.19. The molecule has 0 aliphatic heterocycles. The molecule has 0 saturated heterocycles. The van der Waals surface area contributed by atoms with Crippen molar-refractivity contribution in [3.05, 3.63) is 44.8 Å². The van der Waals surface area contributed by atoms with Crippen molar-refractivity contribution < 1.29 is 19.1 Å². The summed E-state index contributed by atoms with van der Waals surface area (Å²) in [5.74, 6) is -1.31. The molecule has 0 aliphatic carbocycles. The summed E-state index contributed by atoms with van der Waals surface area (Å²) in [5.41, 5.74) is 0.402. The minimum Gasteiger partial charge on any atom is -0.452 e. The molecule has 0 aromatic carbocycles. The van der Waals surface area contributed by atoms with Crippen molar-refractivity contribution in [1.82, 2.24) is 10.2 Å². The third-order valence-electron chi connectivity index (χ3n) is 3.25. The average molecular weight is 378 g/mol. The van der Waals surface area contributed by atoms with Crippen LogP contribution in [0, 0.1) is 0 Å². The van der Waals surface area contributed by atoms with E-state index in [4.69, 9.17) is 4.74 Å². The standard InChI is InChI=1S/C17H18N2O4S2/c1-18-15(20)10-19(2)16(21)11-23-17(22)13(14-6-4-8-25-14)9-12-5-3-7-24-12/h3-9H,10-11H2,1-2H3,(H,18,20)/b13-9+. The lowest BCUT2D eigenvalue weighted by molar-refractivity contribution is -0.147. The minimum atomic E-state index is -0.572. The highest BCUT2D eigenvalue weighted by molar-refractivity contribution is 7.12. The van der Waals surface area contributed by atoms with E-state index in [2.05, 4.69) is 5.32 Å². The number of carbonyl (C=O) groups is 3. The first kappa shape index (κ1) is 18.9. The van der Waals surface area contributed by atoms with Crippen LogP contribution in [0.5, 0.6) is 0 Å². The average Bonchev–Trinajstić information content (AvgIpc) is 3.30. The third kappa shape index (κ3) is 5.54. The Morgan fingerprint density at radius 2 is 1.92 bits per heavy atom. The van der Waals surface area contributed by atoms with Crippen LogP contribution < -0.4 is 5.32 Å². The van der Waals surface area contributed by atoms with E-state index in [-0.39, 0.29) is 12.5 Å². The van der Waals surface area contributed by atoms with Crippen molar-refractivity contribution in [3.8, 4) is 0 Å². The van der Waals surface area contributed by atoms with Crippen LogP contribution in [0.4, 0.5) is 0 Å². The number of ether oxygens (including phenoxy) is 1. The molecule has 0 bridgehead atoms. The maximum Gasteiger partial charge on any atom is 0.340 e. The van der Waals surface area contributed by atoms with Gasteiger partial charge < -0.3 is 15.0 Å². The van der Waals surface area contributed by atoms with Crippen LogP contribution in [0.2, 0.25) is 0 Å². The van der Waals surface area contributed by atoms with Gasteiger partial charge in [-0.2, -0.15) is 0 Å². The molecule has 6 nitrogen and oxygen atoms in total. The van der Waals surface area contributed by atoms with Crippen molar-refractivity contribution >= 4 is 52.1 Å². The lowest BCUT2D eigenvalue weighted by Gasteiger charge is -2.16. The number of hydrogen-bond donors (Lipinski definition) is 1. The summed E-state index contributed by atoms with van der Waals surface area (Å²) in [5, 5.41) is 6.22. The molecule has 0 atom stereocenters. The van der Waals surface area contributed by atoms with E-state index in [1.54, 1.807) is 6.08 Å². The number of rotatable bonds is 7. The second-order valence-electron chi connectivity index (χ2n) is 5.05. The molecule has 0 fully saturated rings. The van der Waals surface area contributed by atoms with Crippen molar-refractivity contribution in [2.45, 2.75) is 0 Å². The van der Waals surface area contributed by atoms with Gasteiger partial charge in [-0.25, -0.2) is 4.79 Å². The number of likely N-dealkylation sites (N-methyl/N-ethyl adjacent to an activating group) is 2. The van der Waals surface area contributed by atoms with Crippen LogP contribution in [-0.4, -0.2) is 49.9 Å². The van der Waals surface area contributed by atoms with Gasteiger partial charge >= 0.3 is 5.97 Å². The van der Waals surface area contributed by atoms with E-state index in [0.717, 1.165) is 9.75 Å². The molecular weight excluding hydrogens is 360 g/mol. The number of hydrogen-bond acceptors (Lipinski definition) is 6. The Balaban J connectivity index is 2.03. The Bertz CT molecular complexity index is 752. The number of nitrogens with one attached hydrogen (secondary N) is 1. The van der Waals surface area contributed by atoms with Gasteiger partial charge in [-0.3, -0.25) is 9.59 Å². The van der Waals surface area contributed by atoms with E-state index in [1.807, 2.05) is 35.0 Å². The van der Waals surface area contributed by atoms with Gasteiger partial charge in [0.2, 0.25) is 5.91 Å². The Morgan fingerprint density at radius 3 is 2.52 bits per heavy atom. The number of nitrogens with zero attached hydrogens (tertiary/aromatic N) is 1. The zero-order chi connectivity index (χ0) is 18.2. The smallest absolute Gasteiger partial charge is 0.340 e. The minimum absolute atomic E-state index is 0.0876. The molecule has 2 rings (SSSR count). The summed E-state index contributed by atoms with van der Waals surface area (Å²) < 4.78 is 5.16. The first-order valence-corrected chi connectivity index (χ1v) is 9.18. The van der Waals surface area contributed by atoms with E-state index < -0.39 is 18.5 Å². The lowest BCUT2D eigenvalue weighted by atomic mass is 10.2. The molecule has 1 N–H and O–H groups in total. The molecule has 2 aromatic heterocycles. The third-order valence-corrected chi connectivity index (χ3v) is 4.97. The SMILES string of the molecule is CNC(=O)CN(C)C(=O)COC(=O)/C(=C/c1cccs1)c1cccs1. The summed E-state index contributed by atoms with van der Waals surface area (Å²) in [6.45, 7) is -0.505. The molecule has 0 saturated carbocycles. The van der Waals surface area contributed by atoms with Gasteiger partial charge in [-0.05, 0) is 29.0 Å². The maximum absolute atomic E-state index is 12.4. The number of esters is 1. The van der Waals surface area contributed by atoms with E-state index in [0.29, 0.717) is 5.57 Å². The Morgan fingerprint density at radius 1 is 1.20 bits per heavy atom. The Hall–Kier alpha value is -2.45. The van der Waals surface area contributed by atoms with Gasteiger partial charge in [0.1, 0.15) is 0 Å². The summed E-state index contributed by atoms with van der Waals surface area (Å²) in [4.78, 5) is 38.6. The molecule has 2 amide bonds. The fourth-order valence-corrected chi connectivity index (χ4v) is 3.26. The van der Waals surface area contributed by atoms with Crippen molar-refractivity contribution in [2.75, 3.05) is 27.2 Å². The summed E-state index contributed by atoms with van der Waals surface area (Å²) in [6.07, 6.45) is 1.75. The highest BCUT2D eigenvalue weighted by atomic mass is 32.1. The molecule has 2 aromatic rings. The van der Waals surface area contributed by atoms with Crippen LogP contribution >= 0.6 is 22.7 Å². The maximum atomic E-state index is 12.4. The molecule has 2 heterocycles. The molecule has 25 heavy (non-hydrogen) atoms. The van der Waals surface area contributed by atoms with Gasteiger partial charge in [0.05, 0.1) is 12.1 Å². The Kier molecular flexibility index (Phi) is 6.91. The van der Waals surface area contributed by atoms with Crippen molar-refractivity contribution in [1.29, 1.82) is 0 Å². The van der Waals surface area contributed by atoms with Gasteiger partial charge in [-0.15, -0.1) is 22.7 Å². The summed E-state index contributed by atoms with van der Waals surface area (Å²) in [6, 6.07) is 7.46. The second kappa shape index (κ2) is 9.14. The van der Waals surface area contributed by atoms with Crippen molar-refractivity contribution in [3.63, 3.8) is 0 Å². The molecule has 0 unspecified atom stereocenters.